The first-order valence-electron chi connectivity index (χ1n) is 9.76. The van der Waals surface area contributed by atoms with Crippen LogP contribution in [0.25, 0.3) is 11.3 Å². The van der Waals surface area contributed by atoms with E-state index in [1.807, 2.05) is 29.6 Å². The van der Waals surface area contributed by atoms with Crippen LogP contribution >= 0.6 is 11.3 Å². The highest BCUT2D eigenvalue weighted by Crippen LogP contribution is 2.25. The van der Waals surface area contributed by atoms with Gasteiger partial charge >= 0.3 is 0 Å². The van der Waals surface area contributed by atoms with Crippen molar-refractivity contribution >= 4 is 22.7 Å². The zero-order valence-electron chi connectivity index (χ0n) is 17.0. The summed E-state index contributed by atoms with van der Waals surface area (Å²) in [5.74, 6) is 0.836. The van der Waals surface area contributed by atoms with E-state index in [2.05, 4.69) is 77.9 Å². The molecule has 5 heteroatoms. The molecule has 1 aromatic heterocycles. The molecule has 3 aromatic carbocycles. The number of aryl methyl sites for hydroxylation is 2. The molecule has 0 saturated heterocycles. The normalized spacial score (nSPS) is 11.0. The minimum absolute atomic E-state index is 0.558. The van der Waals surface area contributed by atoms with Gasteiger partial charge < -0.3 is 4.74 Å². The number of rotatable bonds is 7. The summed E-state index contributed by atoms with van der Waals surface area (Å²) < 4.78 is 5.84. The number of ether oxygens (including phenoxy) is 1. The standard InChI is InChI=1S/C25H23N3OS/c1-18-3-7-21(8-4-18)16-29-23-13-9-20(10-14-23)15-26-28-25-27-24(17-30-25)22-11-5-19(2)6-12-22/h3-15,17H,16H2,1-2H3,(H,27,28). The van der Waals surface area contributed by atoms with Gasteiger partial charge in [-0.2, -0.15) is 5.10 Å². The Labute approximate surface area is 180 Å². The summed E-state index contributed by atoms with van der Waals surface area (Å²) in [5.41, 5.74) is 9.70. The Kier molecular flexibility index (Phi) is 6.20. The van der Waals surface area contributed by atoms with Crippen LogP contribution < -0.4 is 10.2 Å². The van der Waals surface area contributed by atoms with E-state index in [0.717, 1.165) is 33.3 Å². The van der Waals surface area contributed by atoms with Crippen LogP contribution in [-0.2, 0) is 6.61 Å². The van der Waals surface area contributed by atoms with E-state index in [4.69, 9.17) is 4.74 Å². The number of hydrogen-bond donors (Lipinski definition) is 1. The van der Waals surface area contributed by atoms with Crippen LogP contribution in [0.3, 0.4) is 0 Å². The molecule has 0 aliphatic rings. The SMILES string of the molecule is Cc1ccc(COc2ccc(C=NNc3nc(-c4ccc(C)cc4)cs3)cc2)cc1. The second kappa shape index (κ2) is 9.37. The number of benzene rings is 3. The first-order chi connectivity index (χ1) is 14.7. The largest absolute Gasteiger partial charge is 0.489 e. The summed E-state index contributed by atoms with van der Waals surface area (Å²) in [6.45, 7) is 4.72. The smallest absolute Gasteiger partial charge is 0.203 e. The highest BCUT2D eigenvalue weighted by molar-refractivity contribution is 7.14. The number of thiazole rings is 1. The predicted molar refractivity (Wildman–Crippen MR) is 125 cm³/mol. The number of hydrazone groups is 1. The molecule has 0 atom stereocenters. The van der Waals surface area contributed by atoms with Crippen LogP contribution in [-0.4, -0.2) is 11.2 Å². The van der Waals surface area contributed by atoms with Crippen LogP contribution in [0.4, 0.5) is 5.13 Å². The van der Waals surface area contributed by atoms with Gasteiger partial charge in [0.15, 0.2) is 0 Å². The maximum absolute atomic E-state index is 5.84. The molecule has 1 N–H and O–H groups in total. The highest BCUT2D eigenvalue weighted by atomic mass is 32.1. The minimum atomic E-state index is 0.558. The Morgan fingerprint density at radius 2 is 1.57 bits per heavy atom. The van der Waals surface area contributed by atoms with Crippen molar-refractivity contribution in [1.29, 1.82) is 0 Å². The fourth-order valence-corrected chi connectivity index (χ4v) is 3.51. The molecule has 0 amide bonds. The van der Waals surface area contributed by atoms with Crippen molar-refractivity contribution in [2.45, 2.75) is 20.5 Å². The summed E-state index contributed by atoms with van der Waals surface area (Å²) in [6.07, 6.45) is 1.77. The third-order valence-electron chi connectivity index (χ3n) is 4.63. The van der Waals surface area contributed by atoms with Gasteiger partial charge in [0.05, 0.1) is 11.9 Å². The highest BCUT2D eigenvalue weighted by Gasteiger charge is 2.03. The zero-order chi connectivity index (χ0) is 20.8. The van der Waals surface area contributed by atoms with E-state index >= 15 is 0 Å². The van der Waals surface area contributed by atoms with Crippen LogP contribution in [0.2, 0.25) is 0 Å². The van der Waals surface area contributed by atoms with E-state index in [1.165, 1.54) is 22.5 Å². The molecule has 0 aliphatic heterocycles. The molecular weight excluding hydrogens is 390 g/mol. The lowest BCUT2D eigenvalue weighted by molar-refractivity contribution is 0.306. The van der Waals surface area contributed by atoms with E-state index in [9.17, 15) is 0 Å². The Hall–Kier alpha value is -3.44. The van der Waals surface area contributed by atoms with E-state index in [1.54, 1.807) is 6.21 Å². The lowest BCUT2D eigenvalue weighted by Gasteiger charge is -2.06. The lowest BCUT2D eigenvalue weighted by Crippen LogP contribution is -1.95. The van der Waals surface area contributed by atoms with Crippen LogP contribution in [0.1, 0.15) is 22.3 Å². The molecule has 4 rings (SSSR count). The van der Waals surface area contributed by atoms with Crippen molar-refractivity contribution in [2.24, 2.45) is 5.10 Å². The zero-order valence-corrected chi connectivity index (χ0v) is 17.8. The van der Waals surface area contributed by atoms with Gasteiger partial charge in [0.1, 0.15) is 12.4 Å². The molecule has 0 fully saturated rings. The Morgan fingerprint density at radius 1 is 0.900 bits per heavy atom. The summed E-state index contributed by atoms with van der Waals surface area (Å²) in [6, 6.07) is 24.6. The molecule has 4 aromatic rings. The second-order valence-electron chi connectivity index (χ2n) is 7.12. The first kappa shape index (κ1) is 19.9. The average molecular weight is 414 g/mol. The Bertz CT molecular complexity index is 1110. The maximum atomic E-state index is 5.84. The first-order valence-corrected chi connectivity index (χ1v) is 10.6. The van der Waals surface area contributed by atoms with Gasteiger partial charge in [0, 0.05) is 10.9 Å². The van der Waals surface area contributed by atoms with Crippen LogP contribution in [0, 0.1) is 13.8 Å². The van der Waals surface area contributed by atoms with Crippen molar-refractivity contribution in [3.8, 4) is 17.0 Å². The summed E-state index contributed by atoms with van der Waals surface area (Å²) in [4.78, 5) is 4.59. The van der Waals surface area contributed by atoms with Gasteiger partial charge in [0.2, 0.25) is 5.13 Å². The van der Waals surface area contributed by atoms with Gasteiger partial charge in [-0.3, -0.25) is 5.43 Å². The number of hydrogen-bond acceptors (Lipinski definition) is 5. The number of nitrogens with one attached hydrogen (secondary N) is 1. The topological polar surface area (TPSA) is 46.5 Å². The fourth-order valence-electron chi connectivity index (χ4n) is 2.85. The Balaban J connectivity index is 1.30. The fraction of sp³-hybridized carbons (Fsp3) is 0.120. The van der Waals surface area contributed by atoms with Gasteiger partial charge in [0.25, 0.3) is 0 Å². The molecule has 0 spiro atoms. The number of nitrogens with zero attached hydrogens (tertiary/aromatic N) is 2. The van der Waals surface area contributed by atoms with Gasteiger partial charge in [-0.25, -0.2) is 4.98 Å². The maximum Gasteiger partial charge on any atom is 0.203 e. The van der Waals surface area contributed by atoms with Gasteiger partial charge in [-0.1, -0.05) is 59.7 Å². The molecular formula is C25H23N3OS. The average Bonchev–Trinajstić information content (AvgIpc) is 3.24. The summed E-state index contributed by atoms with van der Waals surface area (Å²) >= 11 is 1.54. The van der Waals surface area contributed by atoms with Crippen molar-refractivity contribution in [2.75, 3.05) is 5.43 Å². The quantitative estimate of drug-likeness (QED) is 0.280. The Morgan fingerprint density at radius 3 is 2.27 bits per heavy atom. The minimum Gasteiger partial charge on any atom is -0.489 e. The van der Waals surface area contributed by atoms with Crippen molar-refractivity contribution in [3.05, 3.63) is 100 Å². The molecule has 0 aliphatic carbocycles. The molecule has 0 bridgehead atoms. The monoisotopic (exact) mass is 413 g/mol. The molecule has 1 heterocycles. The predicted octanol–water partition coefficient (Wildman–Crippen LogP) is 6.45. The van der Waals surface area contributed by atoms with Crippen LogP contribution in [0.15, 0.2) is 83.3 Å². The van der Waals surface area contributed by atoms with Crippen molar-refractivity contribution in [3.63, 3.8) is 0 Å². The molecule has 4 nitrogen and oxygen atoms in total. The molecule has 30 heavy (non-hydrogen) atoms. The van der Waals surface area contributed by atoms with Gasteiger partial charge in [-0.15, -0.1) is 11.3 Å². The number of aromatic nitrogens is 1. The lowest BCUT2D eigenvalue weighted by atomic mass is 10.1. The van der Waals surface area contributed by atoms with Crippen molar-refractivity contribution in [1.82, 2.24) is 4.98 Å². The third kappa shape index (κ3) is 5.33. The third-order valence-corrected chi connectivity index (χ3v) is 5.38. The molecule has 0 saturated carbocycles. The summed E-state index contributed by atoms with van der Waals surface area (Å²) in [7, 11) is 0. The van der Waals surface area contributed by atoms with E-state index < -0.39 is 0 Å². The second-order valence-corrected chi connectivity index (χ2v) is 7.98. The van der Waals surface area contributed by atoms with E-state index in [-0.39, 0.29) is 0 Å². The van der Waals surface area contributed by atoms with Crippen LogP contribution in [0.5, 0.6) is 5.75 Å². The molecule has 0 radical (unpaired) electrons. The van der Waals surface area contributed by atoms with E-state index in [0.29, 0.717) is 6.61 Å². The van der Waals surface area contributed by atoms with Crippen molar-refractivity contribution < 1.29 is 4.74 Å². The summed E-state index contributed by atoms with van der Waals surface area (Å²) in [5, 5.41) is 7.09. The van der Waals surface area contributed by atoms with Gasteiger partial charge in [-0.05, 0) is 49.2 Å². The molecule has 0 unspecified atom stereocenters. The molecule has 150 valence electrons. The number of anilines is 1.